The second kappa shape index (κ2) is 9.70. The molecule has 3 fully saturated rings. The zero-order valence-electron chi connectivity index (χ0n) is 19.9. The molecule has 0 spiro atoms. The predicted octanol–water partition coefficient (Wildman–Crippen LogP) is 4.31. The first-order valence-electron chi connectivity index (χ1n) is 11.8. The smallest absolute Gasteiger partial charge is 0.417 e. The number of amides is 1. The van der Waals surface area contributed by atoms with E-state index < -0.39 is 39.7 Å². The lowest BCUT2D eigenvalue weighted by atomic mass is 9.94. The van der Waals surface area contributed by atoms with Gasteiger partial charge in [-0.15, -0.1) is 0 Å². The van der Waals surface area contributed by atoms with Crippen molar-refractivity contribution in [2.75, 3.05) is 39.9 Å². The van der Waals surface area contributed by atoms with Crippen molar-refractivity contribution in [2.45, 2.75) is 49.6 Å². The van der Waals surface area contributed by atoms with Crippen LogP contribution in [0, 0.1) is 5.82 Å². The Hall–Kier alpha value is -2.45. The average molecular weight is 593 g/mol. The van der Waals surface area contributed by atoms with Crippen molar-refractivity contribution in [1.29, 1.82) is 0 Å². The van der Waals surface area contributed by atoms with Crippen LogP contribution in [0.25, 0.3) is 10.9 Å². The molecule has 3 aliphatic heterocycles. The topological polar surface area (TPSA) is 97.3 Å². The minimum Gasteiger partial charge on any atom is -0.472 e. The van der Waals surface area contributed by atoms with Crippen molar-refractivity contribution in [3.63, 3.8) is 0 Å². The summed E-state index contributed by atoms with van der Waals surface area (Å²) in [6.45, 7) is 2.03. The van der Waals surface area contributed by atoms with Crippen molar-refractivity contribution in [2.24, 2.45) is 0 Å². The number of fused-ring (bicyclic) bond motifs is 2. The first kappa shape index (κ1) is 26.2. The number of likely N-dealkylation sites (tertiary alicyclic amines) is 1. The third kappa shape index (κ3) is 4.90. The number of benzene rings is 1. The predicted molar refractivity (Wildman–Crippen MR) is 125 cm³/mol. The van der Waals surface area contributed by atoms with Gasteiger partial charge in [0.05, 0.1) is 33.6 Å². The fraction of sp³-hybridized carbons (Fsp3) is 0.609. The van der Waals surface area contributed by atoms with Crippen molar-refractivity contribution >= 4 is 32.9 Å². The maximum Gasteiger partial charge on any atom is 0.417 e. The number of hydrogen-bond donors (Lipinski definition) is 1. The summed E-state index contributed by atoms with van der Waals surface area (Å²) in [6, 6.07) is 0.492. The summed E-state index contributed by atoms with van der Waals surface area (Å²) >= 11 is 2.71. The molecule has 0 unspecified atom stereocenters. The number of aromatic nitrogens is 2. The van der Waals surface area contributed by atoms with Crippen molar-refractivity contribution in [1.82, 2.24) is 19.8 Å². The molecule has 1 N–H and O–H groups in total. The molecule has 9 nitrogen and oxygen atoms in total. The van der Waals surface area contributed by atoms with E-state index in [0.29, 0.717) is 6.42 Å². The van der Waals surface area contributed by atoms with Crippen molar-refractivity contribution in [3.05, 3.63) is 21.9 Å². The van der Waals surface area contributed by atoms with Gasteiger partial charge in [0.15, 0.2) is 5.82 Å². The summed E-state index contributed by atoms with van der Waals surface area (Å²) < 4.78 is 72.6. The Labute approximate surface area is 217 Å². The largest absolute Gasteiger partial charge is 0.472 e. The number of methoxy groups -OCH3 is 1. The van der Waals surface area contributed by atoms with Gasteiger partial charge in [-0.25, -0.2) is 9.18 Å². The van der Waals surface area contributed by atoms with E-state index in [1.54, 1.807) is 7.11 Å². The van der Waals surface area contributed by atoms with E-state index in [9.17, 15) is 23.1 Å². The zero-order valence-corrected chi connectivity index (χ0v) is 21.4. The molecule has 4 heterocycles. The number of alkyl halides is 3. The van der Waals surface area contributed by atoms with E-state index in [1.165, 1.54) is 0 Å². The van der Waals surface area contributed by atoms with Crippen LogP contribution in [-0.2, 0) is 10.9 Å². The van der Waals surface area contributed by atoms with E-state index in [0.717, 1.165) is 43.3 Å². The zero-order chi connectivity index (χ0) is 26.5. The van der Waals surface area contributed by atoms with Crippen LogP contribution in [-0.4, -0.2) is 88.6 Å². The molecule has 0 radical (unpaired) electrons. The SMILES string of the molecule is CO[C@H]1CN2CCC[C@]2(COc2nc(O[C@@H]3CCN(C(=O)O)C3)c3cc(C(F)(F)F)c(Br)c(F)c3n2)C1. The number of ether oxygens (including phenoxy) is 3. The molecule has 1 aromatic carbocycles. The van der Waals surface area contributed by atoms with Crippen LogP contribution >= 0.6 is 15.9 Å². The van der Waals surface area contributed by atoms with Gasteiger partial charge in [0.1, 0.15) is 18.2 Å². The van der Waals surface area contributed by atoms with Gasteiger partial charge in [0.25, 0.3) is 0 Å². The van der Waals surface area contributed by atoms with Crippen LogP contribution < -0.4 is 9.47 Å². The van der Waals surface area contributed by atoms with Gasteiger partial charge in [-0.2, -0.15) is 23.1 Å². The number of hydrogen-bond acceptors (Lipinski definition) is 7. The Bertz CT molecular complexity index is 1220. The van der Waals surface area contributed by atoms with Gasteiger partial charge in [-0.3, -0.25) is 4.90 Å². The van der Waals surface area contributed by atoms with E-state index in [2.05, 4.69) is 30.8 Å². The van der Waals surface area contributed by atoms with Crippen LogP contribution in [0.2, 0.25) is 0 Å². The van der Waals surface area contributed by atoms with E-state index in [4.69, 9.17) is 14.2 Å². The Kier molecular flexibility index (Phi) is 6.86. The molecular weight excluding hydrogens is 568 g/mol. The van der Waals surface area contributed by atoms with E-state index in [1.807, 2.05) is 0 Å². The van der Waals surface area contributed by atoms with Crippen LogP contribution in [0.4, 0.5) is 22.4 Å². The standard InChI is InChI=1S/C23H25BrF4N4O5/c1-35-13-8-22(4-2-5-32(22)10-13)11-36-20-29-18-14(7-15(23(26,27)28)16(24)17(18)25)19(30-20)37-12-3-6-31(9-12)21(33)34/h7,12-13H,2-6,8-11H2,1H3,(H,33,34)/t12-,13-,22-/m1/s1. The molecule has 1 amide bonds. The van der Waals surface area contributed by atoms with Gasteiger partial charge in [0.2, 0.25) is 5.88 Å². The fourth-order valence-electron chi connectivity index (χ4n) is 5.50. The number of carbonyl (C=O) groups is 1. The highest BCUT2D eigenvalue weighted by atomic mass is 79.9. The Morgan fingerprint density at radius 2 is 2.05 bits per heavy atom. The Morgan fingerprint density at radius 1 is 1.27 bits per heavy atom. The van der Waals surface area contributed by atoms with E-state index in [-0.39, 0.29) is 48.6 Å². The minimum absolute atomic E-state index is 0.00135. The highest BCUT2D eigenvalue weighted by Crippen LogP contribution is 2.43. The molecular formula is C23H25BrF4N4O5. The van der Waals surface area contributed by atoms with Gasteiger partial charge < -0.3 is 24.2 Å². The molecule has 5 rings (SSSR count). The maximum absolute atomic E-state index is 15.2. The Morgan fingerprint density at radius 3 is 2.73 bits per heavy atom. The van der Waals surface area contributed by atoms with Crippen LogP contribution in [0.5, 0.6) is 11.9 Å². The fourth-order valence-corrected chi connectivity index (χ4v) is 6.02. The number of halogens is 5. The summed E-state index contributed by atoms with van der Waals surface area (Å²) in [5.41, 5.74) is -1.93. The first-order chi connectivity index (χ1) is 17.5. The Balaban J connectivity index is 1.50. The molecule has 37 heavy (non-hydrogen) atoms. The van der Waals surface area contributed by atoms with Gasteiger partial charge in [0, 0.05) is 26.6 Å². The van der Waals surface area contributed by atoms with Crippen molar-refractivity contribution < 1.29 is 41.7 Å². The maximum atomic E-state index is 15.2. The summed E-state index contributed by atoms with van der Waals surface area (Å²) in [5.74, 6) is -1.52. The molecule has 14 heteroatoms. The molecule has 202 valence electrons. The highest BCUT2D eigenvalue weighted by Gasteiger charge is 2.49. The average Bonchev–Trinajstić information content (AvgIpc) is 3.54. The molecule has 3 atom stereocenters. The highest BCUT2D eigenvalue weighted by molar-refractivity contribution is 9.10. The summed E-state index contributed by atoms with van der Waals surface area (Å²) in [6.07, 6.45) is -3.72. The normalized spacial score (nSPS) is 26.2. The first-order valence-corrected chi connectivity index (χ1v) is 12.6. The molecule has 0 saturated carbocycles. The monoisotopic (exact) mass is 592 g/mol. The molecule has 1 aromatic heterocycles. The van der Waals surface area contributed by atoms with Crippen LogP contribution in [0.15, 0.2) is 10.5 Å². The van der Waals surface area contributed by atoms with E-state index >= 15 is 4.39 Å². The molecule has 2 aromatic rings. The molecule has 0 bridgehead atoms. The van der Waals surface area contributed by atoms with Crippen LogP contribution in [0.3, 0.4) is 0 Å². The summed E-state index contributed by atoms with van der Waals surface area (Å²) in [7, 11) is 1.65. The lowest BCUT2D eigenvalue weighted by Crippen LogP contribution is -2.43. The second-order valence-electron chi connectivity index (χ2n) is 9.64. The van der Waals surface area contributed by atoms with Crippen LogP contribution in [0.1, 0.15) is 31.2 Å². The molecule has 3 aliphatic rings. The summed E-state index contributed by atoms with van der Waals surface area (Å²) in [5, 5.41) is 8.94. The lowest BCUT2D eigenvalue weighted by Gasteiger charge is -2.31. The molecule has 0 aliphatic carbocycles. The summed E-state index contributed by atoms with van der Waals surface area (Å²) in [4.78, 5) is 23.0. The number of carboxylic acid groups (broad SMARTS) is 1. The van der Waals surface area contributed by atoms with Gasteiger partial charge in [-0.1, -0.05) is 0 Å². The third-order valence-electron chi connectivity index (χ3n) is 7.39. The number of nitrogens with zero attached hydrogens (tertiary/aromatic N) is 4. The number of rotatable bonds is 6. The van der Waals surface area contributed by atoms with Gasteiger partial charge in [-0.05, 0) is 47.8 Å². The van der Waals surface area contributed by atoms with Gasteiger partial charge >= 0.3 is 18.3 Å². The van der Waals surface area contributed by atoms with Crippen molar-refractivity contribution in [3.8, 4) is 11.9 Å². The third-order valence-corrected chi connectivity index (χ3v) is 8.17. The minimum atomic E-state index is -4.85. The second-order valence-corrected chi connectivity index (χ2v) is 10.4. The lowest BCUT2D eigenvalue weighted by molar-refractivity contribution is -0.138. The molecule has 3 saturated heterocycles. The quantitative estimate of drug-likeness (QED) is 0.496.